The third-order valence-corrected chi connectivity index (χ3v) is 5.11. The van der Waals surface area contributed by atoms with Gasteiger partial charge in [0.05, 0.1) is 20.8 Å². The van der Waals surface area contributed by atoms with Crippen molar-refractivity contribution < 1.29 is 19.0 Å². The molecule has 0 aliphatic rings. The molecule has 0 spiro atoms. The lowest BCUT2D eigenvalue weighted by molar-refractivity contribution is 0.206. The number of rotatable bonds is 9. The summed E-state index contributed by atoms with van der Waals surface area (Å²) in [6.45, 7) is 3.23. The predicted octanol–water partition coefficient (Wildman–Crippen LogP) is 5.11. The van der Waals surface area contributed by atoms with E-state index >= 15 is 0 Å². The van der Waals surface area contributed by atoms with E-state index in [0.29, 0.717) is 36.9 Å². The number of carbonyl (C=O) groups excluding carboxylic acids is 1. The number of methoxy groups -OCH3 is 2. The summed E-state index contributed by atoms with van der Waals surface area (Å²) in [5.74, 6) is 1.70. The molecular weight excluding hydrogens is 404 g/mol. The molecule has 168 valence electrons. The highest BCUT2D eigenvalue weighted by Gasteiger charge is 2.16. The number of urea groups is 1. The Hall–Kier alpha value is -3.67. The van der Waals surface area contributed by atoms with E-state index in [2.05, 4.69) is 23.5 Å². The summed E-state index contributed by atoms with van der Waals surface area (Å²) in [6, 6.07) is 21.8. The van der Waals surface area contributed by atoms with Crippen molar-refractivity contribution in [3.63, 3.8) is 0 Å². The summed E-state index contributed by atoms with van der Waals surface area (Å²) < 4.78 is 16.5. The number of benzene rings is 3. The van der Waals surface area contributed by atoms with Crippen molar-refractivity contribution in [2.75, 3.05) is 27.9 Å². The summed E-state index contributed by atoms with van der Waals surface area (Å²) in [5.41, 5.74) is 4.19. The third kappa shape index (κ3) is 5.52. The van der Waals surface area contributed by atoms with Crippen LogP contribution in [0, 0.1) is 0 Å². The monoisotopic (exact) mass is 434 g/mol. The van der Waals surface area contributed by atoms with Crippen molar-refractivity contribution in [3.8, 4) is 28.4 Å². The van der Waals surface area contributed by atoms with Gasteiger partial charge < -0.3 is 24.4 Å². The van der Waals surface area contributed by atoms with Gasteiger partial charge in [0.25, 0.3) is 0 Å². The first-order chi connectivity index (χ1) is 15.6. The van der Waals surface area contributed by atoms with E-state index in [-0.39, 0.29) is 6.03 Å². The molecule has 0 saturated carbocycles. The second-order valence-electron chi connectivity index (χ2n) is 7.30. The summed E-state index contributed by atoms with van der Waals surface area (Å²) in [5, 5.41) is 2.97. The maximum Gasteiger partial charge on any atom is 0.317 e. The topological polar surface area (TPSA) is 60.0 Å². The van der Waals surface area contributed by atoms with Crippen molar-refractivity contribution >= 4 is 6.03 Å². The van der Waals surface area contributed by atoms with Crippen LogP contribution in [0.5, 0.6) is 17.2 Å². The minimum atomic E-state index is -0.167. The van der Waals surface area contributed by atoms with E-state index in [9.17, 15) is 4.79 Å². The molecule has 2 amide bonds. The largest absolute Gasteiger partial charge is 0.493 e. The first kappa shape index (κ1) is 23.0. The zero-order valence-electron chi connectivity index (χ0n) is 19.1. The fraction of sp³-hybridized carbons (Fsp3) is 0.269. The van der Waals surface area contributed by atoms with Crippen LogP contribution < -0.4 is 19.5 Å². The average molecular weight is 435 g/mol. The van der Waals surface area contributed by atoms with Gasteiger partial charge in [-0.3, -0.25) is 0 Å². The SMILES string of the molecule is CCOc1c(OC)cc(CNC(=O)N(C)Cc2ccccc2-c2ccccc2)cc1OC. The summed E-state index contributed by atoms with van der Waals surface area (Å²) >= 11 is 0. The van der Waals surface area contributed by atoms with Crippen LogP contribution in [0.1, 0.15) is 18.1 Å². The number of nitrogens with zero attached hydrogens (tertiary/aromatic N) is 1. The summed E-state index contributed by atoms with van der Waals surface area (Å²) in [4.78, 5) is 14.4. The van der Waals surface area contributed by atoms with E-state index in [0.717, 1.165) is 22.3 Å². The smallest absolute Gasteiger partial charge is 0.317 e. The van der Waals surface area contributed by atoms with Gasteiger partial charge >= 0.3 is 6.03 Å². The van der Waals surface area contributed by atoms with Gasteiger partial charge in [-0.2, -0.15) is 0 Å². The van der Waals surface area contributed by atoms with Crippen LogP contribution in [-0.4, -0.2) is 38.8 Å². The van der Waals surface area contributed by atoms with Gasteiger partial charge in [-0.25, -0.2) is 4.79 Å². The van der Waals surface area contributed by atoms with E-state index in [1.54, 1.807) is 26.2 Å². The quantitative estimate of drug-likeness (QED) is 0.508. The standard InChI is InChI=1S/C26H30N2O4/c1-5-32-25-23(30-3)15-19(16-24(25)31-4)17-27-26(29)28(2)18-21-13-9-10-14-22(21)20-11-7-6-8-12-20/h6-16H,5,17-18H2,1-4H3,(H,27,29). The number of hydrogen-bond acceptors (Lipinski definition) is 4. The maximum atomic E-state index is 12.8. The van der Waals surface area contributed by atoms with E-state index < -0.39 is 0 Å². The highest BCUT2D eigenvalue weighted by atomic mass is 16.5. The van der Waals surface area contributed by atoms with Gasteiger partial charge in [0, 0.05) is 20.1 Å². The van der Waals surface area contributed by atoms with Crippen molar-refractivity contribution in [1.82, 2.24) is 10.2 Å². The van der Waals surface area contributed by atoms with Gasteiger partial charge in [-0.05, 0) is 41.3 Å². The Kier molecular flexibility index (Phi) is 7.97. The fourth-order valence-electron chi connectivity index (χ4n) is 3.52. The molecule has 32 heavy (non-hydrogen) atoms. The van der Waals surface area contributed by atoms with Gasteiger partial charge in [0.15, 0.2) is 11.5 Å². The summed E-state index contributed by atoms with van der Waals surface area (Å²) in [6.07, 6.45) is 0. The third-order valence-electron chi connectivity index (χ3n) is 5.11. The lowest BCUT2D eigenvalue weighted by atomic mass is 9.99. The molecule has 0 saturated heterocycles. The zero-order valence-corrected chi connectivity index (χ0v) is 19.1. The summed E-state index contributed by atoms with van der Waals surface area (Å²) in [7, 11) is 4.95. The molecule has 3 rings (SSSR count). The first-order valence-electron chi connectivity index (χ1n) is 10.6. The van der Waals surface area contributed by atoms with Crippen molar-refractivity contribution in [3.05, 3.63) is 77.9 Å². The predicted molar refractivity (Wildman–Crippen MR) is 126 cm³/mol. The molecule has 0 bridgehead atoms. The van der Waals surface area contributed by atoms with Crippen LogP contribution in [-0.2, 0) is 13.1 Å². The van der Waals surface area contributed by atoms with Gasteiger partial charge in [0.2, 0.25) is 5.75 Å². The zero-order chi connectivity index (χ0) is 22.9. The molecule has 0 unspecified atom stereocenters. The Balaban J connectivity index is 1.69. The molecule has 1 N–H and O–H groups in total. The van der Waals surface area contributed by atoms with Crippen molar-refractivity contribution in [2.45, 2.75) is 20.0 Å². The molecule has 0 aromatic heterocycles. The number of hydrogen-bond donors (Lipinski definition) is 1. The second-order valence-corrected chi connectivity index (χ2v) is 7.30. The van der Waals surface area contributed by atoms with Crippen LogP contribution in [0.4, 0.5) is 4.79 Å². The van der Waals surface area contributed by atoms with E-state index in [1.807, 2.05) is 55.5 Å². The molecular formula is C26H30N2O4. The van der Waals surface area contributed by atoms with E-state index in [1.165, 1.54) is 0 Å². The molecule has 0 heterocycles. The molecule has 0 aliphatic carbocycles. The Morgan fingerprint density at radius 3 is 2.19 bits per heavy atom. The van der Waals surface area contributed by atoms with Crippen LogP contribution in [0.2, 0.25) is 0 Å². The molecule has 6 nitrogen and oxygen atoms in total. The molecule has 0 radical (unpaired) electrons. The van der Waals surface area contributed by atoms with Gasteiger partial charge in [0.1, 0.15) is 0 Å². The molecule has 0 atom stereocenters. The molecule has 0 aliphatic heterocycles. The van der Waals surface area contributed by atoms with Crippen LogP contribution in [0.25, 0.3) is 11.1 Å². The Morgan fingerprint density at radius 1 is 0.938 bits per heavy atom. The Morgan fingerprint density at radius 2 is 1.56 bits per heavy atom. The molecule has 6 heteroatoms. The highest BCUT2D eigenvalue weighted by Crippen LogP contribution is 2.38. The lowest BCUT2D eigenvalue weighted by Gasteiger charge is -2.21. The number of amides is 2. The van der Waals surface area contributed by atoms with Crippen LogP contribution >= 0.6 is 0 Å². The normalized spacial score (nSPS) is 10.4. The van der Waals surface area contributed by atoms with Gasteiger partial charge in [-0.1, -0.05) is 54.6 Å². The van der Waals surface area contributed by atoms with Crippen LogP contribution in [0.15, 0.2) is 66.7 Å². The maximum absolute atomic E-state index is 12.8. The highest BCUT2D eigenvalue weighted by molar-refractivity contribution is 5.75. The minimum absolute atomic E-state index is 0.167. The minimum Gasteiger partial charge on any atom is -0.493 e. The first-order valence-corrected chi connectivity index (χ1v) is 10.6. The average Bonchev–Trinajstić information content (AvgIpc) is 2.83. The molecule has 3 aromatic carbocycles. The molecule has 0 fully saturated rings. The second kappa shape index (κ2) is 11.1. The lowest BCUT2D eigenvalue weighted by Crippen LogP contribution is -2.36. The Bertz CT molecular complexity index is 1010. The number of carbonyl (C=O) groups is 1. The van der Waals surface area contributed by atoms with E-state index in [4.69, 9.17) is 14.2 Å². The number of nitrogens with one attached hydrogen (secondary N) is 1. The van der Waals surface area contributed by atoms with Crippen molar-refractivity contribution in [1.29, 1.82) is 0 Å². The molecule has 3 aromatic rings. The van der Waals surface area contributed by atoms with Crippen molar-refractivity contribution in [2.24, 2.45) is 0 Å². The Labute approximate surface area is 189 Å². The fourth-order valence-corrected chi connectivity index (χ4v) is 3.52. The van der Waals surface area contributed by atoms with Gasteiger partial charge in [-0.15, -0.1) is 0 Å². The number of ether oxygens (including phenoxy) is 3. The van der Waals surface area contributed by atoms with Crippen LogP contribution in [0.3, 0.4) is 0 Å².